The fraction of sp³-hybridized carbons (Fsp3) is 0.619. The number of hydrogen-bond donors (Lipinski definition) is 0. The van der Waals surface area contributed by atoms with E-state index in [1.807, 2.05) is 0 Å². The lowest BCUT2D eigenvalue weighted by atomic mass is 9.55. The Hall–Kier alpha value is -2.44. The first-order chi connectivity index (χ1) is 13.3. The Kier molecular flexibility index (Phi) is 4.63. The predicted octanol–water partition coefficient (Wildman–Crippen LogP) is 4.38. The van der Waals surface area contributed by atoms with Gasteiger partial charge < -0.3 is 9.57 Å². The molecule has 7 heteroatoms. The number of nitrogens with zero attached hydrogens (tertiary/aromatic N) is 2. The lowest BCUT2D eigenvalue weighted by Crippen LogP contribution is -2.42. The van der Waals surface area contributed by atoms with Crippen LogP contribution in [0.2, 0.25) is 0 Å². The third-order valence-corrected chi connectivity index (χ3v) is 7.20. The lowest BCUT2D eigenvalue weighted by Gasteiger charge is -2.48. The molecule has 1 aromatic carbocycles. The second kappa shape index (κ2) is 6.87. The molecule has 0 unspecified atom stereocenters. The molecular formula is C21H26N2O5. The minimum atomic E-state index is -0.541. The third kappa shape index (κ3) is 2.88. The molecule has 0 radical (unpaired) electrons. The molecule has 1 aromatic rings. The summed E-state index contributed by atoms with van der Waals surface area (Å²) in [5.74, 6) is 0.857. The molecule has 0 aromatic heterocycles. The quantitative estimate of drug-likeness (QED) is 0.333. The molecule has 2 fully saturated rings. The van der Waals surface area contributed by atoms with Crippen molar-refractivity contribution in [2.75, 3.05) is 7.11 Å². The number of hydrogen-bond acceptors (Lipinski definition) is 6. The number of aryl methyl sites for hydroxylation is 1. The number of rotatable bonds is 3. The SMILES string of the molecule is CO/N=C1/CC[C@H]2[C@@H]3CCc4cc(OC(C)=O)c([N+](=O)[O-])cc4[C@H]3CC[C@]12C. The summed E-state index contributed by atoms with van der Waals surface area (Å²) in [6.45, 7) is 3.57. The van der Waals surface area contributed by atoms with Crippen molar-refractivity contribution in [2.24, 2.45) is 22.4 Å². The number of carbonyl (C=O) groups excluding carboxylic acids is 1. The van der Waals surface area contributed by atoms with E-state index in [0.29, 0.717) is 17.8 Å². The summed E-state index contributed by atoms with van der Waals surface area (Å²) in [5, 5.41) is 15.9. The minimum absolute atomic E-state index is 0.0609. The highest BCUT2D eigenvalue weighted by Gasteiger charge is 2.54. The first-order valence-electron chi connectivity index (χ1n) is 9.95. The Morgan fingerprint density at radius 3 is 2.75 bits per heavy atom. The highest BCUT2D eigenvalue weighted by molar-refractivity contribution is 5.92. The van der Waals surface area contributed by atoms with Gasteiger partial charge in [0, 0.05) is 18.4 Å². The first kappa shape index (κ1) is 18.9. The molecule has 3 aliphatic rings. The third-order valence-electron chi connectivity index (χ3n) is 7.20. The maximum absolute atomic E-state index is 11.6. The van der Waals surface area contributed by atoms with E-state index in [9.17, 15) is 14.9 Å². The molecule has 28 heavy (non-hydrogen) atoms. The number of fused-ring (bicyclic) bond motifs is 5. The van der Waals surface area contributed by atoms with Gasteiger partial charge in [-0.2, -0.15) is 0 Å². The van der Waals surface area contributed by atoms with Crippen molar-refractivity contribution in [1.29, 1.82) is 0 Å². The zero-order valence-corrected chi connectivity index (χ0v) is 16.6. The maximum atomic E-state index is 11.6. The van der Waals surface area contributed by atoms with Gasteiger partial charge in [-0.25, -0.2) is 0 Å². The van der Waals surface area contributed by atoms with Crippen LogP contribution in [0.1, 0.15) is 63.0 Å². The van der Waals surface area contributed by atoms with E-state index >= 15 is 0 Å². The van der Waals surface area contributed by atoms with Crippen LogP contribution in [0.5, 0.6) is 5.75 Å². The molecule has 0 amide bonds. The van der Waals surface area contributed by atoms with Crippen LogP contribution in [0.3, 0.4) is 0 Å². The van der Waals surface area contributed by atoms with Gasteiger partial charge in [0.05, 0.1) is 10.6 Å². The van der Waals surface area contributed by atoms with E-state index in [1.165, 1.54) is 12.6 Å². The molecule has 4 atom stereocenters. The number of nitro benzene ring substituents is 1. The Morgan fingerprint density at radius 2 is 2.07 bits per heavy atom. The van der Waals surface area contributed by atoms with E-state index < -0.39 is 10.9 Å². The highest BCUT2D eigenvalue weighted by Crippen LogP contribution is 2.60. The van der Waals surface area contributed by atoms with Gasteiger partial charge in [-0.15, -0.1) is 0 Å². The summed E-state index contributed by atoms with van der Waals surface area (Å²) in [4.78, 5) is 27.6. The Balaban J connectivity index is 1.71. The molecule has 7 nitrogen and oxygen atoms in total. The zero-order chi connectivity index (χ0) is 20.1. The molecule has 2 saturated carbocycles. The second-order valence-electron chi connectivity index (χ2n) is 8.50. The fourth-order valence-corrected chi connectivity index (χ4v) is 6.01. The summed E-state index contributed by atoms with van der Waals surface area (Å²) in [5.41, 5.74) is 3.27. The molecule has 0 bridgehead atoms. The molecule has 3 aliphatic carbocycles. The number of carbonyl (C=O) groups is 1. The number of benzene rings is 1. The lowest BCUT2D eigenvalue weighted by molar-refractivity contribution is -0.385. The van der Waals surface area contributed by atoms with Gasteiger partial charge in [-0.05, 0) is 73.5 Å². The van der Waals surface area contributed by atoms with E-state index in [4.69, 9.17) is 9.57 Å². The van der Waals surface area contributed by atoms with Crippen molar-refractivity contribution in [3.05, 3.63) is 33.4 Å². The topological polar surface area (TPSA) is 91.0 Å². The van der Waals surface area contributed by atoms with Gasteiger partial charge in [0.15, 0.2) is 0 Å². The normalized spacial score (nSPS) is 32.2. The van der Waals surface area contributed by atoms with E-state index in [0.717, 1.165) is 49.7 Å². The largest absolute Gasteiger partial charge is 0.419 e. The van der Waals surface area contributed by atoms with Crippen LogP contribution in [0.4, 0.5) is 5.69 Å². The summed E-state index contributed by atoms with van der Waals surface area (Å²) in [7, 11) is 1.60. The average molecular weight is 386 g/mol. The molecule has 0 spiro atoms. The van der Waals surface area contributed by atoms with Gasteiger partial charge in [0.2, 0.25) is 5.75 Å². The van der Waals surface area contributed by atoms with E-state index in [-0.39, 0.29) is 16.9 Å². The van der Waals surface area contributed by atoms with Crippen molar-refractivity contribution in [3.63, 3.8) is 0 Å². The molecule has 0 N–H and O–H groups in total. The van der Waals surface area contributed by atoms with E-state index in [1.54, 1.807) is 19.2 Å². The summed E-state index contributed by atoms with van der Waals surface area (Å²) in [6, 6.07) is 3.37. The Bertz CT molecular complexity index is 865. The first-order valence-corrected chi connectivity index (χ1v) is 9.95. The van der Waals surface area contributed by atoms with Crippen LogP contribution < -0.4 is 4.74 Å². The van der Waals surface area contributed by atoms with Gasteiger partial charge in [0.1, 0.15) is 7.11 Å². The van der Waals surface area contributed by atoms with Crippen molar-refractivity contribution in [1.82, 2.24) is 0 Å². The Morgan fingerprint density at radius 1 is 1.29 bits per heavy atom. The molecule has 0 saturated heterocycles. The smallest absolute Gasteiger partial charge is 0.311 e. The van der Waals surface area contributed by atoms with Crippen LogP contribution in [0, 0.1) is 27.4 Å². The van der Waals surface area contributed by atoms with Crippen LogP contribution in [0.25, 0.3) is 0 Å². The van der Waals surface area contributed by atoms with Gasteiger partial charge in [0.25, 0.3) is 0 Å². The molecule has 0 heterocycles. The fourth-order valence-electron chi connectivity index (χ4n) is 6.01. The van der Waals surface area contributed by atoms with Gasteiger partial charge in [-0.1, -0.05) is 12.1 Å². The number of nitro groups is 1. The predicted molar refractivity (Wildman–Crippen MR) is 103 cm³/mol. The molecule has 4 rings (SSSR count). The van der Waals surface area contributed by atoms with Crippen molar-refractivity contribution in [3.8, 4) is 5.75 Å². The van der Waals surface area contributed by atoms with Crippen molar-refractivity contribution >= 4 is 17.4 Å². The number of ether oxygens (including phenoxy) is 1. The second-order valence-corrected chi connectivity index (χ2v) is 8.50. The zero-order valence-electron chi connectivity index (χ0n) is 16.6. The van der Waals surface area contributed by atoms with Gasteiger partial charge in [-0.3, -0.25) is 14.9 Å². The summed E-state index contributed by atoms with van der Waals surface area (Å²) in [6.07, 6.45) is 5.97. The van der Waals surface area contributed by atoms with Crippen LogP contribution in [-0.4, -0.2) is 23.7 Å². The maximum Gasteiger partial charge on any atom is 0.311 e. The van der Waals surface area contributed by atoms with Crippen molar-refractivity contribution < 1.29 is 19.3 Å². The molecule has 0 aliphatic heterocycles. The van der Waals surface area contributed by atoms with E-state index in [2.05, 4.69) is 12.1 Å². The summed E-state index contributed by atoms with van der Waals surface area (Å²) >= 11 is 0. The van der Waals surface area contributed by atoms with Crippen LogP contribution >= 0.6 is 0 Å². The van der Waals surface area contributed by atoms with Crippen LogP contribution in [0.15, 0.2) is 17.3 Å². The summed E-state index contributed by atoms with van der Waals surface area (Å²) < 4.78 is 5.12. The van der Waals surface area contributed by atoms with Crippen LogP contribution in [-0.2, 0) is 16.1 Å². The molecular weight excluding hydrogens is 360 g/mol. The number of esters is 1. The highest BCUT2D eigenvalue weighted by atomic mass is 16.6. The standard InChI is InChI=1S/C21H26N2O5/c1-12(24)28-19-10-13-4-5-15-14(16(13)11-18(19)23(25)26)8-9-21(2)17(15)6-7-20(21)22-27-3/h10-11,14-15,17H,4-9H2,1-3H3/b22-20-/t14-,15+,17-,21-/m0/s1. The Labute approximate surface area is 164 Å². The monoisotopic (exact) mass is 386 g/mol. The van der Waals surface area contributed by atoms with Gasteiger partial charge >= 0.3 is 11.7 Å². The number of oxime groups is 1. The minimum Gasteiger partial charge on any atom is -0.419 e. The molecule has 150 valence electrons. The average Bonchev–Trinajstić information content (AvgIpc) is 2.97. The van der Waals surface area contributed by atoms with Crippen molar-refractivity contribution in [2.45, 2.75) is 58.3 Å².